The van der Waals surface area contributed by atoms with Crippen LogP contribution in [0.2, 0.25) is 0 Å². The Morgan fingerprint density at radius 2 is 2.14 bits per heavy atom. The van der Waals surface area contributed by atoms with Gasteiger partial charge in [0.15, 0.2) is 0 Å². The van der Waals surface area contributed by atoms with Crippen molar-refractivity contribution in [3.63, 3.8) is 0 Å². The number of carbonyl (C=O) groups excluding carboxylic acids is 1. The van der Waals surface area contributed by atoms with Gasteiger partial charge in [-0.15, -0.1) is 0 Å². The zero-order valence-electron chi connectivity index (χ0n) is 13.1. The molecule has 0 fully saturated rings. The van der Waals surface area contributed by atoms with Crippen LogP contribution >= 0.6 is 0 Å². The Labute approximate surface area is 125 Å². The molecule has 0 unspecified atom stereocenters. The molecule has 0 radical (unpaired) electrons. The second-order valence-corrected chi connectivity index (χ2v) is 6.14. The molecule has 0 bridgehead atoms. The van der Waals surface area contributed by atoms with Crippen LogP contribution in [0.3, 0.4) is 0 Å². The summed E-state index contributed by atoms with van der Waals surface area (Å²) >= 11 is 0. The third-order valence-electron chi connectivity index (χ3n) is 3.23. The van der Waals surface area contributed by atoms with E-state index in [0.29, 0.717) is 13.1 Å². The van der Waals surface area contributed by atoms with Crippen molar-refractivity contribution in [2.75, 3.05) is 6.54 Å². The summed E-state index contributed by atoms with van der Waals surface area (Å²) in [7, 11) is 0. The minimum absolute atomic E-state index is 0.0554. The van der Waals surface area contributed by atoms with Crippen LogP contribution in [0.25, 0.3) is 11.3 Å². The molecule has 0 aliphatic heterocycles. The Kier molecular flexibility index (Phi) is 4.40. The van der Waals surface area contributed by atoms with Crippen molar-refractivity contribution in [1.29, 1.82) is 0 Å². The van der Waals surface area contributed by atoms with Crippen LogP contribution in [0.5, 0.6) is 0 Å². The summed E-state index contributed by atoms with van der Waals surface area (Å²) in [6.45, 7) is 8.96. The maximum Gasteiger partial charge on any atom is 0.225 e. The molecule has 0 saturated heterocycles. The SMILES string of the molecule is Cc1cc(-c2cccnc2)nn1CCNC(=O)C(C)(C)C. The van der Waals surface area contributed by atoms with Crippen molar-refractivity contribution in [3.05, 3.63) is 36.3 Å². The molecule has 0 aliphatic carbocycles. The van der Waals surface area contributed by atoms with Crippen molar-refractivity contribution in [3.8, 4) is 11.3 Å². The first-order valence-corrected chi connectivity index (χ1v) is 7.11. The van der Waals surface area contributed by atoms with Gasteiger partial charge in [-0.25, -0.2) is 0 Å². The van der Waals surface area contributed by atoms with E-state index in [9.17, 15) is 4.79 Å². The van der Waals surface area contributed by atoms with Crippen LogP contribution in [-0.2, 0) is 11.3 Å². The minimum atomic E-state index is -0.361. The highest BCUT2D eigenvalue weighted by Crippen LogP contribution is 2.17. The number of rotatable bonds is 4. The van der Waals surface area contributed by atoms with Crippen molar-refractivity contribution < 1.29 is 4.79 Å². The zero-order chi connectivity index (χ0) is 15.5. The van der Waals surface area contributed by atoms with Crippen molar-refractivity contribution in [2.45, 2.75) is 34.2 Å². The van der Waals surface area contributed by atoms with Crippen molar-refractivity contribution in [1.82, 2.24) is 20.1 Å². The van der Waals surface area contributed by atoms with Gasteiger partial charge in [-0.1, -0.05) is 20.8 Å². The Hall–Kier alpha value is -2.17. The molecule has 5 heteroatoms. The first kappa shape index (κ1) is 15.2. The lowest BCUT2D eigenvalue weighted by molar-refractivity contribution is -0.128. The Morgan fingerprint density at radius 1 is 1.38 bits per heavy atom. The zero-order valence-corrected chi connectivity index (χ0v) is 13.1. The third-order valence-corrected chi connectivity index (χ3v) is 3.23. The topological polar surface area (TPSA) is 59.8 Å². The van der Waals surface area contributed by atoms with E-state index >= 15 is 0 Å². The van der Waals surface area contributed by atoms with Crippen LogP contribution in [0, 0.1) is 12.3 Å². The standard InChI is InChI=1S/C16H22N4O/c1-12-10-14(13-6-5-7-17-11-13)19-20(12)9-8-18-15(21)16(2,3)4/h5-7,10-11H,8-9H2,1-4H3,(H,18,21). The Balaban J connectivity index is 1.99. The molecule has 2 heterocycles. The number of amides is 1. The maximum absolute atomic E-state index is 11.8. The molecule has 1 amide bonds. The highest BCUT2D eigenvalue weighted by molar-refractivity contribution is 5.81. The number of carbonyl (C=O) groups is 1. The first-order valence-electron chi connectivity index (χ1n) is 7.11. The summed E-state index contributed by atoms with van der Waals surface area (Å²) in [6.07, 6.45) is 3.54. The molecule has 2 rings (SSSR count). The summed E-state index contributed by atoms with van der Waals surface area (Å²) in [5, 5.41) is 7.50. The van der Waals surface area contributed by atoms with Crippen LogP contribution in [-0.4, -0.2) is 27.2 Å². The number of hydrogen-bond donors (Lipinski definition) is 1. The third kappa shape index (κ3) is 3.90. The van der Waals surface area contributed by atoms with Gasteiger partial charge in [0, 0.05) is 35.6 Å². The number of pyridine rings is 1. The second-order valence-electron chi connectivity index (χ2n) is 6.14. The van der Waals surface area contributed by atoms with Gasteiger partial charge in [0.25, 0.3) is 0 Å². The summed E-state index contributed by atoms with van der Waals surface area (Å²) in [5.74, 6) is 0.0554. The van der Waals surface area contributed by atoms with E-state index in [1.807, 2.05) is 50.6 Å². The lowest BCUT2D eigenvalue weighted by Gasteiger charge is -2.17. The molecule has 0 aromatic carbocycles. The van der Waals surface area contributed by atoms with Gasteiger partial charge in [0.2, 0.25) is 5.91 Å². The Morgan fingerprint density at radius 3 is 2.76 bits per heavy atom. The molecule has 5 nitrogen and oxygen atoms in total. The van der Waals surface area contributed by atoms with Gasteiger partial charge in [0.1, 0.15) is 0 Å². The Bertz CT molecular complexity index is 611. The van der Waals surface area contributed by atoms with Gasteiger partial charge in [-0.3, -0.25) is 14.5 Å². The highest BCUT2D eigenvalue weighted by Gasteiger charge is 2.20. The molecule has 1 N–H and O–H groups in total. The number of hydrogen-bond acceptors (Lipinski definition) is 3. The van der Waals surface area contributed by atoms with Gasteiger partial charge in [-0.05, 0) is 25.1 Å². The van der Waals surface area contributed by atoms with Crippen molar-refractivity contribution in [2.24, 2.45) is 5.41 Å². The first-order chi connectivity index (χ1) is 9.88. The highest BCUT2D eigenvalue weighted by atomic mass is 16.2. The summed E-state index contributed by atoms with van der Waals surface area (Å²) in [4.78, 5) is 15.9. The smallest absolute Gasteiger partial charge is 0.225 e. The van der Waals surface area contributed by atoms with E-state index < -0.39 is 0 Å². The number of aryl methyl sites for hydroxylation is 1. The van der Waals surface area contributed by atoms with Gasteiger partial charge in [0.05, 0.1) is 12.2 Å². The normalized spacial score (nSPS) is 11.4. The van der Waals surface area contributed by atoms with E-state index in [0.717, 1.165) is 17.0 Å². The number of nitrogens with one attached hydrogen (secondary N) is 1. The quantitative estimate of drug-likeness (QED) is 0.939. The van der Waals surface area contributed by atoms with E-state index in [1.165, 1.54) is 0 Å². The average molecular weight is 286 g/mol. The lowest BCUT2D eigenvalue weighted by Crippen LogP contribution is -2.36. The molecular weight excluding hydrogens is 264 g/mol. The van der Waals surface area contributed by atoms with Crippen LogP contribution in [0.1, 0.15) is 26.5 Å². The van der Waals surface area contributed by atoms with E-state index in [1.54, 1.807) is 12.4 Å². The number of nitrogens with zero attached hydrogens (tertiary/aromatic N) is 3. The largest absolute Gasteiger partial charge is 0.354 e. The summed E-state index contributed by atoms with van der Waals surface area (Å²) < 4.78 is 1.91. The maximum atomic E-state index is 11.8. The predicted molar refractivity (Wildman–Crippen MR) is 82.7 cm³/mol. The number of aromatic nitrogens is 3. The fourth-order valence-electron chi connectivity index (χ4n) is 1.93. The predicted octanol–water partition coefficient (Wildman–Crippen LogP) is 2.42. The second kappa shape index (κ2) is 6.08. The van der Waals surface area contributed by atoms with Gasteiger partial charge >= 0.3 is 0 Å². The van der Waals surface area contributed by atoms with Crippen LogP contribution in [0.4, 0.5) is 0 Å². The molecule has 0 atom stereocenters. The van der Waals surface area contributed by atoms with E-state index in [-0.39, 0.29) is 11.3 Å². The molecule has 0 aliphatic rings. The van der Waals surface area contributed by atoms with E-state index in [2.05, 4.69) is 15.4 Å². The van der Waals surface area contributed by atoms with Crippen LogP contribution < -0.4 is 5.32 Å². The fourth-order valence-corrected chi connectivity index (χ4v) is 1.93. The molecular formula is C16H22N4O. The van der Waals surface area contributed by atoms with Crippen LogP contribution in [0.15, 0.2) is 30.6 Å². The van der Waals surface area contributed by atoms with E-state index in [4.69, 9.17) is 0 Å². The monoisotopic (exact) mass is 286 g/mol. The summed E-state index contributed by atoms with van der Waals surface area (Å²) in [5.41, 5.74) is 2.61. The average Bonchev–Trinajstić information content (AvgIpc) is 2.80. The molecule has 2 aromatic heterocycles. The molecule has 2 aromatic rings. The lowest BCUT2D eigenvalue weighted by atomic mass is 9.96. The molecule has 21 heavy (non-hydrogen) atoms. The summed E-state index contributed by atoms with van der Waals surface area (Å²) in [6, 6.07) is 5.91. The molecule has 112 valence electrons. The molecule has 0 spiro atoms. The minimum Gasteiger partial charge on any atom is -0.354 e. The van der Waals surface area contributed by atoms with Gasteiger partial charge < -0.3 is 5.32 Å². The van der Waals surface area contributed by atoms with Crippen molar-refractivity contribution >= 4 is 5.91 Å². The van der Waals surface area contributed by atoms with Gasteiger partial charge in [-0.2, -0.15) is 5.10 Å². The fraction of sp³-hybridized carbons (Fsp3) is 0.438. The molecule has 0 saturated carbocycles.